The zero-order chi connectivity index (χ0) is 10.6. The summed E-state index contributed by atoms with van der Waals surface area (Å²) in [4.78, 5) is 0. The van der Waals surface area contributed by atoms with Crippen LogP contribution in [-0.2, 0) is 0 Å². The molecule has 0 aliphatic carbocycles. The van der Waals surface area contributed by atoms with Crippen LogP contribution in [0.5, 0.6) is 0 Å². The van der Waals surface area contributed by atoms with Gasteiger partial charge in [0.25, 0.3) is 0 Å². The van der Waals surface area contributed by atoms with Crippen LogP contribution < -0.4 is 0 Å². The van der Waals surface area contributed by atoms with E-state index in [4.69, 9.17) is 10.5 Å². The van der Waals surface area contributed by atoms with Gasteiger partial charge in [0.2, 0.25) is 0 Å². The molecule has 0 amide bonds. The SMILES string of the molecule is C[C](CF)c1cccc(C#N)c1C#N. The van der Waals surface area contributed by atoms with Crippen molar-refractivity contribution in [1.29, 1.82) is 10.5 Å². The first-order chi connectivity index (χ1) is 6.74. The second-order valence-corrected chi connectivity index (χ2v) is 2.87. The molecule has 0 unspecified atom stereocenters. The molecule has 1 aromatic carbocycles. The summed E-state index contributed by atoms with van der Waals surface area (Å²) in [6.07, 6.45) is 0. The molecule has 0 spiro atoms. The summed E-state index contributed by atoms with van der Waals surface area (Å²) >= 11 is 0. The Morgan fingerprint density at radius 1 is 1.36 bits per heavy atom. The molecule has 1 rings (SSSR count). The lowest BCUT2D eigenvalue weighted by atomic mass is 9.94. The molecule has 0 aliphatic rings. The predicted octanol–water partition coefficient (Wildman–Crippen LogP) is 2.34. The fraction of sp³-hybridized carbons (Fsp3) is 0.182. The van der Waals surface area contributed by atoms with Crippen LogP contribution >= 0.6 is 0 Å². The molecule has 0 fully saturated rings. The molecular formula is C11H8FN2. The summed E-state index contributed by atoms with van der Waals surface area (Å²) in [5, 5.41) is 17.6. The van der Waals surface area contributed by atoms with Crippen LogP contribution in [0, 0.1) is 28.6 Å². The maximum absolute atomic E-state index is 12.4. The van der Waals surface area contributed by atoms with Crippen molar-refractivity contribution in [2.75, 3.05) is 6.67 Å². The van der Waals surface area contributed by atoms with Gasteiger partial charge in [0.1, 0.15) is 12.1 Å². The van der Waals surface area contributed by atoms with Gasteiger partial charge < -0.3 is 0 Å². The third-order valence-corrected chi connectivity index (χ3v) is 1.96. The number of halogens is 1. The van der Waals surface area contributed by atoms with Gasteiger partial charge in [0.05, 0.1) is 17.8 Å². The third-order valence-electron chi connectivity index (χ3n) is 1.96. The van der Waals surface area contributed by atoms with Crippen molar-refractivity contribution in [3.05, 3.63) is 40.8 Å². The molecule has 14 heavy (non-hydrogen) atoms. The largest absolute Gasteiger partial charge is 0.250 e. The van der Waals surface area contributed by atoms with E-state index in [0.29, 0.717) is 11.5 Å². The maximum Gasteiger partial charge on any atom is 0.101 e. The Morgan fingerprint density at radius 3 is 2.57 bits per heavy atom. The van der Waals surface area contributed by atoms with Gasteiger partial charge in [-0.15, -0.1) is 0 Å². The Morgan fingerprint density at radius 2 is 2.07 bits per heavy atom. The minimum absolute atomic E-state index is 0.255. The van der Waals surface area contributed by atoms with Crippen molar-refractivity contribution in [2.45, 2.75) is 6.92 Å². The summed E-state index contributed by atoms with van der Waals surface area (Å²) in [6.45, 7) is 1.00. The number of hydrogen-bond acceptors (Lipinski definition) is 2. The van der Waals surface area contributed by atoms with Gasteiger partial charge in [0, 0.05) is 5.92 Å². The molecular weight excluding hydrogens is 179 g/mol. The highest BCUT2D eigenvalue weighted by Gasteiger charge is 2.13. The van der Waals surface area contributed by atoms with Crippen molar-refractivity contribution >= 4 is 0 Å². The van der Waals surface area contributed by atoms with Gasteiger partial charge in [-0.3, -0.25) is 4.39 Å². The van der Waals surface area contributed by atoms with Crippen molar-refractivity contribution in [1.82, 2.24) is 0 Å². The zero-order valence-electron chi connectivity index (χ0n) is 7.71. The molecule has 0 aliphatic heterocycles. The Kier molecular flexibility index (Phi) is 3.20. The van der Waals surface area contributed by atoms with E-state index < -0.39 is 6.67 Å². The van der Waals surface area contributed by atoms with E-state index in [1.165, 1.54) is 0 Å². The van der Waals surface area contributed by atoms with E-state index in [-0.39, 0.29) is 11.1 Å². The average Bonchev–Trinajstić information content (AvgIpc) is 2.26. The van der Waals surface area contributed by atoms with Crippen LogP contribution in [0.15, 0.2) is 18.2 Å². The Bertz CT molecular complexity index is 412. The third kappa shape index (κ3) is 1.72. The normalized spacial score (nSPS) is 9.50. The lowest BCUT2D eigenvalue weighted by molar-refractivity contribution is 0.516. The second-order valence-electron chi connectivity index (χ2n) is 2.87. The number of hydrogen-bond donors (Lipinski definition) is 0. The molecule has 0 atom stereocenters. The lowest BCUT2D eigenvalue weighted by Crippen LogP contribution is -2.01. The van der Waals surface area contributed by atoms with Crippen LogP contribution in [0.1, 0.15) is 23.6 Å². The van der Waals surface area contributed by atoms with Crippen molar-refractivity contribution in [2.24, 2.45) is 0 Å². The molecule has 1 aromatic rings. The molecule has 0 aromatic heterocycles. The topological polar surface area (TPSA) is 47.6 Å². The Balaban J connectivity index is 3.33. The van der Waals surface area contributed by atoms with Gasteiger partial charge >= 0.3 is 0 Å². The standard InChI is InChI=1S/C11H8FN2/c1-8(5-12)10-4-2-3-9(6-13)11(10)7-14/h2-4H,5H2,1H3. The maximum atomic E-state index is 12.4. The number of alkyl halides is 1. The van der Waals surface area contributed by atoms with E-state index in [2.05, 4.69) is 0 Å². The molecule has 0 bridgehead atoms. The van der Waals surface area contributed by atoms with Crippen LogP contribution in [-0.4, -0.2) is 6.67 Å². The highest BCUT2D eigenvalue weighted by molar-refractivity contribution is 5.54. The van der Waals surface area contributed by atoms with E-state index in [1.54, 1.807) is 25.1 Å². The average molecular weight is 187 g/mol. The molecule has 69 valence electrons. The minimum atomic E-state index is -0.608. The summed E-state index contributed by atoms with van der Waals surface area (Å²) in [6, 6.07) is 8.67. The van der Waals surface area contributed by atoms with Crippen molar-refractivity contribution < 1.29 is 4.39 Å². The Hall–Kier alpha value is -1.87. The van der Waals surface area contributed by atoms with E-state index in [1.807, 2.05) is 12.1 Å². The van der Waals surface area contributed by atoms with Gasteiger partial charge in [-0.05, 0) is 11.6 Å². The molecule has 1 radical (unpaired) electrons. The summed E-state index contributed by atoms with van der Waals surface area (Å²) in [7, 11) is 0. The monoisotopic (exact) mass is 187 g/mol. The summed E-state index contributed by atoms with van der Waals surface area (Å²) in [5.41, 5.74) is 1.07. The second kappa shape index (κ2) is 4.39. The fourth-order valence-electron chi connectivity index (χ4n) is 1.19. The van der Waals surface area contributed by atoms with Gasteiger partial charge in [0.15, 0.2) is 0 Å². The molecule has 0 N–H and O–H groups in total. The number of nitriles is 2. The zero-order valence-corrected chi connectivity index (χ0v) is 7.71. The first kappa shape index (κ1) is 10.2. The van der Waals surface area contributed by atoms with Gasteiger partial charge in [-0.25, -0.2) is 0 Å². The molecule has 3 heteroatoms. The predicted molar refractivity (Wildman–Crippen MR) is 49.9 cm³/mol. The highest BCUT2D eigenvalue weighted by Crippen LogP contribution is 2.21. The van der Waals surface area contributed by atoms with Crippen LogP contribution in [0.2, 0.25) is 0 Å². The van der Waals surface area contributed by atoms with E-state index in [0.717, 1.165) is 0 Å². The smallest absolute Gasteiger partial charge is 0.101 e. The van der Waals surface area contributed by atoms with Crippen molar-refractivity contribution in [3.8, 4) is 12.1 Å². The van der Waals surface area contributed by atoms with E-state index >= 15 is 0 Å². The minimum Gasteiger partial charge on any atom is -0.250 e. The highest BCUT2D eigenvalue weighted by atomic mass is 19.1. The first-order valence-electron chi connectivity index (χ1n) is 4.06. The molecule has 0 heterocycles. The van der Waals surface area contributed by atoms with Crippen LogP contribution in [0.25, 0.3) is 0 Å². The fourth-order valence-corrected chi connectivity index (χ4v) is 1.19. The van der Waals surface area contributed by atoms with Gasteiger partial charge in [-0.1, -0.05) is 19.1 Å². The Labute approximate surface area is 82.2 Å². The molecule has 0 saturated carbocycles. The summed E-state index contributed by atoms with van der Waals surface area (Å²) < 4.78 is 12.4. The van der Waals surface area contributed by atoms with Gasteiger partial charge in [-0.2, -0.15) is 10.5 Å². The number of nitrogens with zero attached hydrogens (tertiary/aromatic N) is 2. The summed E-state index contributed by atoms with van der Waals surface area (Å²) in [5.74, 6) is 0.471. The van der Waals surface area contributed by atoms with Crippen LogP contribution in [0.3, 0.4) is 0 Å². The lowest BCUT2D eigenvalue weighted by Gasteiger charge is -2.08. The molecule has 0 saturated heterocycles. The van der Waals surface area contributed by atoms with Crippen molar-refractivity contribution in [3.63, 3.8) is 0 Å². The van der Waals surface area contributed by atoms with E-state index in [9.17, 15) is 4.39 Å². The quantitative estimate of drug-likeness (QED) is 0.713. The van der Waals surface area contributed by atoms with Crippen LogP contribution in [0.4, 0.5) is 4.39 Å². The first-order valence-corrected chi connectivity index (χ1v) is 4.06. The number of benzene rings is 1. The number of rotatable bonds is 2. The molecule has 2 nitrogen and oxygen atoms in total.